The number of epoxide rings is 2. The minimum Gasteiger partial charge on any atom is -0.376 e. The molecule has 2 saturated heterocycles. The Hall–Kier alpha value is -0.200. The Balaban J connectivity index is 0.000000128. The Bertz CT molecular complexity index is 203. The van der Waals surface area contributed by atoms with Crippen LogP contribution in [0.2, 0.25) is 0 Å². The fraction of sp³-hybridized carbons (Fsp3) is 1.00. The van der Waals surface area contributed by atoms with Crippen molar-refractivity contribution in [2.45, 2.75) is 50.1 Å². The number of ether oxygens (including phenoxy) is 3. The van der Waals surface area contributed by atoms with Gasteiger partial charge in [-0.05, 0) is 12.8 Å². The second-order valence-corrected chi connectivity index (χ2v) is 4.99. The lowest BCUT2D eigenvalue weighted by Crippen LogP contribution is -2.30. The third kappa shape index (κ3) is 6.33. The Morgan fingerprint density at radius 3 is 1.71 bits per heavy atom. The lowest BCUT2D eigenvalue weighted by atomic mass is 9.95. The molecule has 2 unspecified atom stereocenters. The molecule has 0 amide bonds. The van der Waals surface area contributed by atoms with Crippen LogP contribution in [0.15, 0.2) is 0 Å². The maximum Gasteiger partial charge on any atom is 0.162 e. The van der Waals surface area contributed by atoms with E-state index in [-0.39, 0.29) is 0 Å². The molecule has 2 aliphatic heterocycles. The monoisotopic (exact) mass is 246 g/mol. The second-order valence-electron chi connectivity index (χ2n) is 4.99. The van der Waals surface area contributed by atoms with Crippen molar-refractivity contribution in [2.24, 2.45) is 0 Å². The van der Waals surface area contributed by atoms with Gasteiger partial charge in [0.1, 0.15) is 12.2 Å². The number of hydrogen-bond acceptors (Lipinski definition) is 5. The molecule has 0 aromatic rings. The van der Waals surface area contributed by atoms with Gasteiger partial charge < -0.3 is 24.4 Å². The Morgan fingerprint density at radius 2 is 1.41 bits per heavy atom. The van der Waals surface area contributed by atoms with Gasteiger partial charge in [0.05, 0.1) is 26.4 Å². The van der Waals surface area contributed by atoms with Gasteiger partial charge in [0.2, 0.25) is 0 Å². The normalized spacial score (nSPS) is 33.5. The minimum absolute atomic E-state index is 0.392. The van der Waals surface area contributed by atoms with E-state index >= 15 is 0 Å². The van der Waals surface area contributed by atoms with Gasteiger partial charge in [-0.15, -0.1) is 0 Å². The molecule has 0 aromatic carbocycles. The van der Waals surface area contributed by atoms with E-state index < -0.39 is 5.79 Å². The molecular weight excluding hydrogens is 224 g/mol. The highest BCUT2D eigenvalue weighted by Gasteiger charge is 2.26. The van der Waals surface area contributed by atoms with E-state index in [2.05, 4.69) is 0 Å². The van der Waals surface area contributed by atoms with Gasteiger partial charge in [0.25, 0.3) is 0 Å². The molecule has 1 aliphatic carbocycles. The van der Waals surface area contributed by atoms with E-state index in [1.165, 1.54) is 0 Å². The van der Waals surface area contributed by atoms with Gasteiger partial charge in [-0.2, -0.15) is 0 Å². The summed E-state index contributed by atoms with van der Waals surface area (Å²) >= 11 is 0. The van der Waals surface area contributed by atoms with E-state index in [4.69, 9.17) is 24.4 Å². The fourth-order valence-electron chi connectivity index (χ4n) is 1.78. The average Bonchev–Trinajstić information content (AvgIpc) is 3.13. The number of rotatable bonds is 4. The minimum atomic E-state index is -1.32. The summed E-state index contributed by atoms with van der Waals surface area (Å²) in [7, 11) is 0. The first-order valence-electron chi connectivity index (χ1n) is 6.41. The highest BCUT2D eigenvalue weighted by Crippen LogP contribution is 2.24. The smallest absolute Gasteiger partial charge is 0.162 e. The van der Waals surface area contributed by atoms with Crippen LogP contribution in [-0.2, 0) is 14.2 Å². The van der Waals surface area contributed by atoms with Gasteiger partial charge >= 0.3 is 0 Å². The van der Waals surface area contributed by atoms with E-state index in [1.807, 2.05) is 0 Å². The van der Waals surface area contributed by atoms with Crippen LogP contribution in [0.1, 0.15) is 32.1 Å². The zero-order chi connectivity index (χ0) is 12.1. The predicted octanol–water partition coefficient (Wildman–Crippen LogP) is 0.432. The van der Waals surface area contributed by atoms with Gasteiger partial charge in [-0.25, -0.2) is 0 Å². The van der Waals surface area contributed by atoms with Crippen LogP contribution in [0.3, 0.4) is 0 Å². The summed E-state index contributed by atoms with van der Waals surface area (Å²) in [4.78, 5) is 0. The van der Waals surface area contributed by atoms with Crippen molar-refractivity contribution in [1.82, 2.24) is 0 Å². The van der Waals surface area contributed by atoms with Crippen molar-refractivity contribution in [3.8, 4) is 0 Å². The maximum atomic E-state index is 8.93. The molecule has 5 nitrogen and oxygen atoms in total. The van der Waals surface area contributed by atoms with Gasteiger partial charge in [0, 0.05) is 12.8 Å². The van der Waals surface area contributed by atoms with Crippen molar-refractivity contribution in [2.75, 3.05) is 26.4 Å². The summed E-state index contributed by atoms with van der Waals surface area (Å²) < 4.78 is 15.1. The SMILES string of the molecule is C(OCC1CO1)C1CO1.OC1(O)CCCCC1. The fourth-order valence-corrected chi connectivity index (χ4v) is 1.78. The highest BCUT2D eigenvalue weighted by atomic mass is 16.6. The van der Waals surface area contributed by atoms with Crippen LogP contribution in [0.5, 0.6) is 0 Å². The van der Waals surface area contributed by atoms with Crippen LogP contribution in [0, 0.1) is 0 Å². The maximum absolute atomic E-state index is 8.93. The Kier molecular flexibility index (Phi) is 4.76. The molecule has 5 heteroatoms. The van der Waals surface area contributed by atoms with Crippen LogP contribution in [0.25, 0.3) is 0 Å². The molecule has 2 N–H and O–H groups in total. The molecule has 0 spiro atoms. The van der Waals surface area contributed by atoms with Crippen LogP contribution in [0.4, 0.5) is 0 Å². The standard InChI is InChI=1S/C6H10O3.C6H12O2/c1(5-3-8-5)7-2-6-4-9-6;7-6(8)4-2-1-3-5-6/h5-6H,1-4H2;7-8H,1-5H2. The third-order valence-corrected chi connectivity index (χ3v) is 3.07. The summed E-state index contributed by atoms with van der Waals surface area (Å²) in [6.45, 7) is 3.26. The van der Waals surface area contributed by atoms with Crippen LogP contribution in [-0.4, -0.2) is 54.6 Å². The summed E-state index contributed by atoms with van der Waals surface area (Å²) in [6, 6.07) is 0. The number of aliphatic hydroxyl groups is 2. The van der Waals surface area contributed by atoms with E-state index in [1.54, 1.807) is 0 Å². The van der Waals surface area contributed by atoms with Crippen molar-refractivity contribution < 1.29 is 24.4 Å². The molecule has 3 fully saturated rings. The lowest BCUT2D eigenvalue weighted by molar-refractivity contribution is -0.180. The van der Waals surface area contributed by atoms with E-state index in [0.29, 0.717) is 25.0 Å². The van der Waals surface area contributed by atoms with Gasteiger partial charge in [0.15, 0.2) is 5.79 Å². The van der Waals surface area contributed by atoms with E-state index in [0.717, 1.165) is 45.7 Å². The van der Waals surface area contributed by atoms with Gasteiger partial charge in [-0.3, -0.25) is 0 Å². The second kappa shape index (κ2) is 6.11. The largest absolute Gasteiger partial charge is 0.376 e. The Labute approximate surface area is 102 Å². The van der Waals surface area contributed by atoms with Gasteiger partial charge in [-0.1, -0.05) is 6.42 Å². The lowest BCUT2D eigenvalue weighted by Gasteiger charge is -2.25. The molecule has 1 saturated carbocycles. The first-order valence-corrected chi connectivity index (χ1v) is 6.41. The Morgan fingerprint density at radius 1 is 0.941 bits per heavy atom. The average molecular weight is 246 g/mol. The van der Waals surface area contributed by atoms with Crippen molar-refractivity contribution in [1.29, 1.82) is 0 Å². The molecule has 3 rings (SSSR count). The molecule has 3 aliphatic rings. The molecular formula is C12H22O5. The molecule has 17 heavy (non-hydrogen) atoms. The topological polar surface area (TPSA) is 74.8 Å². The summed E-state index contributed by atoms with van der Waals surface area (Å²) in [6.07, 6.45) is 5.00. The molecule has 2 heterocycles. The number of hydrogen-bond donors (Lipinski definition) is 2. The zero-order valence-corrected chi connectivity index (χ0v) is 10.1. The zero-order valence-electron chi connectivity index (χ0n) is 10.1. The van der Waals surface area contributed by atoms with Crippen molar-refractivity contribution >= 4 is 0 Å². The summed E-state index contributed by atoms with van der Waals surface area (Å²) in [5.41, 5.74) is 0. The first kappa shape index (κ1) is 13.2. The molecule has 2 atom stereocenters. The molecule has 0 aromatic heterocycles. The molecule has 0 bridgehead atoms. The van der Waals surface area contributed by atoms with E-state index in [9.17, 15) is 0 Å². The molecule has 100 valence electrons. The third-order valence-electron chi connectivity index (χ3n) is 3.07. The quantitative estimate of drug-likeness (QED) is 0.556. The van der Waals surface area contributed by atoms with Crippen LogP contribution < -0.4 is 0 Å². The summed E-state index contributed by atoms with van der Waals surface area (Å²) in [5, 5.41) is 17.9. The molecule has 0 radical (unpaired) electrons. The first-order chi connectivity index (χ1) is 8.16. The predicted molar refractivity (Wildman–Crippen MR) is 60.6 cm³/mol. The van der Waals surface area contributed by atoms with Crippen molar-refractivity contribution in [3.05, 3.63) is 0 Å². The van der Waals surface area contributed by atoms with Crippen LogP contribution >= 0.6 is 0 Å². The summed E-state index contributed by atoms with van der Waals surface area (Å²) in [5.74, 6) is -1.32. The van der Waals surface area contributed by atoms with Crippen molar-refractivity contribution in [3.63, 3.8) is 0 Å². The highest BCUT2D eigenvalue weighted by molar-refractivity contribution is 4.71.